The Bertz CT molecular complexity index is 747. The van der Waals surface area contributed by atoms with Gasteiger partial charge < -0.3 is 16.4 Å². The normalized spacial score (nSPS) is 22.8. The van der Waals surface area contributed by atoms with Gasteiger partial charge in [0.15, 0.2) is 0 Å². The number of anilines is 1. The highest BCUT2D eigenvalue weighted by Crippen LogP contribution is 2.31. The molecule has 7 nitrogen and oxygen atoms in total. The van der Waals surface area contributed by atoms with E-state index in [0.29, 0.717) is 22.6 Å². The molecule has 1 aromatic carbocycles. The van der Waals surface area contributed by atoms with Gasteiger partial charge in [-0.2, -0.15) is 0 Å². The molecule has 8 heteroatoms. The predicted molar refractivity (Wildman–Crippen MR) is 93.5 cm³/mol. The zero-order chi connectivity index (χ0) is 17.3. The summed E-state index contributed by atoms with van der Waals surface area (Å²) in [5.74, 6) is -0.980. The molecule has 0 bridgehead atoms. The Labute approximate surface area is 143 Å². The van der Waals surface area contributed by atoms with Crippen LogP contribution in [0, 0.1) is 0 Å². The smallest absolute Gasteiger partial charge is 0.290 e. The Morgan fingerprint density at radius 2 is 2.17 bits per heavy atom. The molecule has 0 unspecified atom stereocenters. The molecule has 1 atom stereocenters. The highest BCUT2D eigenvalue weighted by atomic mass is 32.2. The van der Waals surface area contributed by atoms with Crippen LogP contribution in [-0.4, -0.2) is 36.2 Å². The van der Waals surface area contributed by atoms with Gasteiger partial charge >= 0.3 is 0 Å². The molecule has 0 saturated carbocycles. The Balaban J connectivity index is 2.02. The maximum atomic E-state index is 11.8. The molecule has 24 heavy (non-hydrogen) atoms. The minimum Gasteiger partial charge on any atom is -0.369 e. The van der Waals surface area contributed by atoms with Crippen LogP contribution in [-0.2, 0) is 4.79 Å². The fourth-order valence-electron chi connectivity index (χ4n) is 2.90. The lowest BCUT2D eigenvalue weighted by Crippen LogP contribution is -2.43. The number of nitrogens with zero attached hydrogens (tertiary/aromatic N) is 1. The monoisotopic (exact) mass is 346 g/mol. The maximum absolute atomic E-state index is 11.8. The molecular weight excluding hydrogens is 328 g/mol. The molecule has 2 aliphatic heterocycles. The van der Waals surface area contributed by atoms with Crippen LogP contribution in [0.4, 0.5) is 10.5 Å². The Morgan fingerprint density at radius 3 is 2.79 bits per heavy atom. The van der Waals surface area contributed by atoms with Gasteiger partial charge in [0, 0.05) is 30.4 Å². The second-order valence-corrected chi connectivity index (χ2v) is 6.85. The number of primary amides is 1. The number of carbonyl (C=O) groups excluding carboxylic acids is 3. The SMILES string of the molecule is NC(=O)c1ccc(N2CCC[C@H](N)C2)c(/C=C2\SC(=O)NC2=O)c1. The van der Waals surface area contributed by atoms with Gasteiger partial charge in [-0.15, -0.1) is 0 Å². The molecule has 3 amide bonds. The third kappa shape index (κ3) is 3.44. The molecule has 2 heterocycles. The van der Waals surface area contributed by atoms with E-state index in [4.69, 9.17) is 11.5 Å². The molecule has 126 valence electrons. The molecule has 5 N–H and O–H groups in total. The number of nitrogens with two attached hydrogens (primary N) is 2. The zero-order valence-corrected chi connectivity index (χ0v) is 13.8. The van der Waals surface area contributed by atoms with Crippen molar-refractivity contribution in [1.29, 1.82) is 0 Å². The number of hydrogen-bond acceptors (Lipinski definition) is 6. The Kier molecular flexibility index (Phi) is 4.59. The summed E-state index contributed by atoms with van der Waals surface area (Å²) in [4.78, 5) is 37.1. The van der Waals surface area contributed by atoms with Crippen molar-refractivity contribution in [2.24, 2.45) is 11.5 Å². The summed E-state index contributed by atoms with van der Waals surface area (Å²) >= 11 is 0.841. The third-order valence-electron chi connectivity index (χ3n) is 4.04. The van der Waals surface area contributed by atoms with Gasteiger partial charge in [-0.05, 0) is 54.4 Å². The fourth-order valence-corrected chi connectivity index (χ4v) is 3.58. The van der Waals surface area contributed by atoms with Gasteiger partial charge in [0.1, 0.15) is 0 Å². The molecule has 2 aliphatic rings. The summed E-state index contributed by atoms with van der Waals surface area (Å²) in [6.45, 7) is 1.54. The topological polar surface area (TPSA) is 119 Å². The summed E-state index contributed by atoms with van der Waals surface area (Å²) in [7, 11) is 0. The number of piperidine rings is 1. The van der Waals surface area contributed by atoms with Crippen molar-refractivity contribution in [3.8, 4) is 0 Å². The predicted octanol–water partition coefficient (Wildman–Crippen LogP) is 1.04. The van der Waals surface area contributed by atoms with Crippen molar-refractivity contribution in [2.75, 3.05) is 18.0 Å². The molecule has 2 saturated heterocycles. The van der Waals surface area contributed by atoms with Crippen molar-refractivity contribution >= 4 is 40.6 Å². The Morgan fingerprint density at radius 1 is 1.38 bits per heavy atom. The van der Waals surface area contributed by atoms with Crippen molar-refractivity contribution in [1.82, 2.24) is 5.32 Å². The number of hydrogen-bond donors (Lipinski definition) is 3. The van der Waals surface area contributed by atoms with Crippen LogP contribution in [0.25, 0.3) is 6.08 Å². The molecule has 0 aromatic heterocycles. The lowest BCUT2D eigenvalue weighted by Gasteiger charge is -2.33. The second-order valence-electron chi connectivity index (χ2n) is 5.84. The first-order valence-corrected chi connectivity index (χ1v) is 8.45. The van der Waals surface area contributed by atoms with Crippen LogP contribution in [0.5, 0.6) is 0 Å². The number of benzene rings is 1. The highest BCUT2D eigenvalue weighted by Gasteiger charge is 2.26. The number of amides is 3. The van der Waals surface area contributed by atoms with Crippen molar-refractivity contribution < 1.29 is 14.4 Å². The minimum absolute atomic E-state index is 0.0841. The molecule has 2 fully saturated rings. The molecule has 3 rings (SSSR count). The van der Waals surface area contributed by atoms with Gasteiger partial charge in [-0.25, -0.2) is 0 Å². The van der Waals surface area contributed by atoms with E-state index in [1.165, 1.54) is 0 Å². The van der Waals surface area contributed by atoms with E-state index < -0.39 is 17.1 Å². The maximum Gasteiger partial charge on any atom is 0.290 e. The molecule has 1 aromatic rings. The first-order valence-electron chi connectivity index (χ1n) is 7.63. The molecule has 0 radical (unpaired) electrons. The second kappa shape index (κ2) is 6.66. The van der Waals surface area contributed by atoms with E-state index in [-0.39, 0.29) is 6.04 Å². The van der Waals surface area contributed by atoms with E-state index in [0.717, 1.165) is 36.8 Å². The minimum atomic E-state index is -0.545. The van der Waals surface area contributed by atoms with Gasteiger partial charge in [-0.3, -0.25) is 19.7 Å². The molecule has 0 aliphatic carbocycles. The van der Waals surface area contributed by atoms with Crippen molar-refractivity contribution in [2.45, 2.75) is 18.9 Å². The van der Waals surface area contributed by atoms with E-state index in [1.54, 1.807) is 18.2 Å². The van der Waals surface area contributed by atoms with E-state index >= 15 is 0 Å². The van der Waals surface area contributed by atoms with Gasteiger partial charge in [0.2, 0.25) is 5.91 Å². The van der Waals surface area contributed by atoms with E-state index in [1.807, 2.05) is 6.07 Å². The highest BCUT2D eigenvalue weighted by molar-refractivity contribution is 8.18. The largest absolute Gasteiger partial charge is 0.369 e. The van der Waals surface area contributed by atoms with Crippen LogP contribution in [0.2, 0.25) is 0 Å². The summed E-state index contributed by atoms with van der Waals surface area (Å²) in [5, 5.41) is 1.82. The Hall–Kier alpha value is -2.32. The van der Waals surface area contributed by atoms with Crippen molar-refractivity contribution in [3.63, 3.8) is 0 Å². The lowest BCUT2D eigenvalue weighted by molar-refractivity contribution is -0.115. The first-order chi connectivity index (χ1) is 11.4. The summed E-state index contributed by atoms with van der Waals surface area (Å²) in [6.07, 6.45) is 3.56. The quantitative estimate of drug-likeness (QED) is 0.704. The fraction of sp³-hybridized carbons (Fsp3) is 0.312. The lowest BCUT2D eigenvalue weighted by atomic mass is 10.0. The number of imide groups is 1. The van der Waals surface area contributed by atoms with Gasteiger partial charge in [-0.1, -0.05) is 0 Å². The average Bonchev–Trinajstić information content (AvgIpc) is 2.84. The standard InChI is InChI=1S/C16H18N4O3S/c17-11-2-1-5-20(8-11)12-4-3-9(14(18)21)6-10(12)7-13-15(22)19-16(23)24-13/h3-4,6-7,11H,1-2,5,8,17H2,(H2,18,21)(H,19,22,23)/b13-7-/t11-/m0/s1. The van der Waals surface area contributed by atoms with Gasteiger partial charge in [0.05, 0.1) is 4.91 Å². The number of nitrogens with one attached hydrogen (secondary N) is 1. The summed E-state index contributed by atoms with van der Waals surface area (Å²) in [6, 6.07) is 5.19. The van der Waals surface area contributed by atoms with Crippen LogP contribution in [0.3, 0.4) is 0 Å². The van der Waals surface area contributed by atoms with E-state index in [9.17, 15) is 14.4 Å². The van der Waals surface area contributed by atoms with Crippen LogP contribution in [0.15, 0.2) is 23.1 Å². The third-order valence-corrected chi connectivity index (χ3v) is 4.85. The van der Waals surface area contributed by atoms with Crippen LogP contribution >= 0.6 is 11.8 Å². The zero-order valence-electron chi connectivity index (χ0n) is 13.0. The van der Waals surface area contributed by atoms with Crippen LogP contribution < -0.4 is 21.7 Å². The number of carbonyl (C=O) groups is 3. The summed E-state index contributed by atoms with van der Waals surface area (Å²) in [5.41, 5.74) is 13.3. The summed E-state index contributed by atoms with van der Waals surface area (Å²) < 4.78 is 0. The molecule has 0 spiro atoms. The van der Waals surface area contributed by atoms with Gasteiger partial charge in [0.25, 0.3) is 11.1 Å². The number of thioether (sulfide) groups is 1. The van der Waals surface area contributed by atoms with Crippen LogP contribution in [0.1, 0.15) is 28.8 Å². The van der Waals surface area contributed by atoms with E-state index in [2.05, 4.69) is 10.2 Å². The average molecular weight is 346 g/mol. The number of rotatable bonds is 3. The first kappa shape index (κ1) is 16.5. The molecular formula is C16H18N4O3S. The van der Waals surface area contributed by atoms with Crippen molar-refractivity contribution in [3.05, 3.63) is 34.2 Å².